The van der Waals surface area contributed by atoms with Gasteiger partial charge in [0.25, 0.3) is 0 Å². The molecule has 0 saturated carbocycles. The molecule has 0 aromatic heterocycles. The molecule has 3 heteroatoms. The second-order valence-electron chi connectivity index (χ2n) is 5.38. The van der Waals surface area contributed by atoms with E-state index in [1.54, 1.807) is 0 Å². The highest BCUT2D eigenvalue weighted by atomic mass is 15.1. The molecule has 0 bridgehead atoms. The third kappa shape index (κ3) is 8.48. The van der Waals surface area contributed by atoms with Crippen LogP contribution in [0.1, 0.15) is 13.8 Å². The molecule has 14 heavy (non-hydrogen) atoms. The molecular formula is C11H27N3. The van der Waals surface area contributed by atoms with Gasteiger partial charge in [0.05, 0.1) is 0 Å². The predicted octanol–water partition coefficient (Wildman–Crippen LogP) is 0.725. The van der Waals surface area contributed by atoms with Crippen molar-refractivity contribution in [3.63, 3.8) is 0 Å². The van der Waals surface area contributed by atoms with Gasteiger partial charge in [-0.1, -0.05) is 13.8 Å². The summed E-state index contributed by atoms with van der Waals surface area (Å²) >= 11 is 0. The number of nitrogens with one attached hydrogen (secondary N) is 1. The molecule has 0 rings (SSSR count). The zero-order chi connectivity index (χ0) is 11.2. The average Bonchev–Trinajstić information content (AvgIpc) is 1.95. The summed E-state index contributed by atoms with van der Waals surface area (Å²) in [5.41, 5.74) is 0.357. The molecular weight excluding hydrogens is 174 g/mol. The Bertz CT molecular complexity index is 141. The van der Waals surface area contributed by atoms with Crippen molar-refractivity contribution < 1.29 is 0 Å². The van der Waals surface area contributed by atoms with Crippen LogP contribution in [0.4, 0.5) is 0 Å². The normalized spacial score (nSPS) is 12.9. The van der Waals surface area contributed by atoms with Crippen molar-refractivity contribution in [2.75, 3.05) is 54.4 Å². The van der Waals surface area contributed by atoms with Gasteiger partial charge in [-0.3, -0.25) is 0 Å². The monoisotopic (exact) mass is 201 g/mol. The van der Waals surface area contributed by atoms with E-state index >= 15 is 0 Å². The van der Waals surface area contributed by atoms with E-state index in [4.69, 9.17) is 0 Å². The molecule has 1 N–H and O–H groups in total. The maximum Gasteiger partial charge on any atom is 0.0101 e. The molecule has 0 aliphatic carbocycles. The van der Waals surface area contributed by atoms with Gasteiger partial charge in [-0.2, -0.15) is 0 Å². The lowest BCUT2D eigenvalue weighted by Crippen LogP contribution is -2.39. The van der Waals surface area contributed by atoms with Crippen molar-refractivity contribution in [3.05, 3.63) is 0 Å². The van der Waals surface area contributed by atoms with Gasteiger partial charge in [-0.25, -0.2) is 0 Å². The Labute approximate surface area is 89.5 Å². The Morgan fingerprint density at radius 2 is 1.57 bits per heavy atom. The summed E-state index contributed by atoms with van der Waals surface area (Å²) in [5.74, 6) is 0. The zero-order valence-corrected chi connectivity index (χ0v) is 10.7. The van der Waals surface area contributed by atoms with Crippen molar-refractivity contribution in [2.24, 2.45) is 5.41 Å². The smallest absolute Gasteiger partial charge is 0.0101 e. The summed E-state index contributed by atoms with van der Waals surface area (Å²) in [6.07, 6.45) is 0. The molecule has 0 amide bonds. The van der Waals surface area contributed by atoms with Gasteiger partial charge in [0, 0.05) is 26.2 Å². The first kappa shape index (κ1) is 13.9. The minimum atomic E-state index is 0.357. The number of rotatable bonds is 7. The maximum atomic E-state index is 3.49. The molecule has 0 radical (unpaired) electrons. The summed E-state index contributed by atoms with van der Waals surface area (Å²) in [6, 6.07) is 0. The van der Waals surface area contributed by atoms with Crippen LogP contribution in [0.3, 0.4) is 0 Å². The predicted molar refractivity (Wildman–Crippen MR) is 63.8 cm³/mol. The highest BCUT2D eigenvalue weighted by Gasteiger charge is 2.17. The highest BCUT2D eigenvalue weighted by Crippen LogP contribution is 2.13. The van der Waals surface area contributed by atoms with E-state index in [2.05, 4.69) is 57.2 Å². The molecule has 0 aromatic carbocycles. The van der Waals surface area contributed by atoms with Crippen LogP contribution in [0.5, 0.6) is 0 Å². The van der Waals surface area contributed by atoms with Gasteiger partial charge in [0.2, 0.25) is 0 Å². The van der Waals surface area contributed by atoms with Gasteiger partial charge in [0.1, 0.15) is 0 Å². The van der Waals surface area contributed by atoms with Gasteiger partial charge >= 0.3 is 0 Å². The lowest BCUT2D eigenvalue weighted by molar-refractivity contribution is 0.230. The third-order valence-corrected chi connectivity index (χ3v) is 2.08. The Morgan fingerprint density at radius 3 is 2.00 bits per heavy atom. The zero-order valence-electron chi connectivity index (χ0n) is 10.7. The van der Waals surface area contributed by atoms with Crippen LogP contribution in [0.2, 0.25) is 0 Å². The van der Waals surface area contributed by atoms with Gasteiger partial charge in [-0.05, 0) is 33.6 Å². The summed E-state index contributed by atoms with van der Waals surface area (Å²) in [6.45, 7) is 8.99. The van der Waals surface area contributed by atoms with Crippen LogP contribution in [-0.2, 0) is 0 Å². The lowest BCUT2D eigenvalue weighted by Gasteiger charge is -2.28. The topological polar surface area (TPSA) is 18.5 Å². The second kappa shape index (κ2) is 6.38. The van der Waals surface area contributed by atoms with Crippen LogP contribution in [-0.4, -0.2) is 64.2 Å². The Kier molecular flexibility index (Phi) is 6.33. The van der Waals surface area contributed by atoms with Crippen molar-refractivity contribution in [1.82, 2.24) is 15.1 Å². The first-order valence-electron chi connectivity index (χ1n) is 5.34. The lowest BCUT2D eigenvalue weighted by atomic mass is 9.93. The fraction of sp³-hybridized carbons (Fsp3) is 1.00. The van der Waals surface area contributed by atoms with Gasteiger partial charge in [-0.15, -0.1) is 0 Å². The average molecular weight is 201 g/mol. The Balaban J connectivity index is 3.55. The number of nitrogens with zero attached hydrogens (tertiary/aromatic N) is 2. The summed E-state index contributed by atoms with van der Waals surface area (Å²) < 4.78 is 0. The molecule has 0 fully saturated rings. The van der Waals surface area contributed by atoms with Crippen LogP contribution in [0.25, 0.3) is 0 Å². The molecule has 0 saturated heterocycles. The molecule has 86 valence electrons. The molecule has 0 aromatic rings. The van der Waals surface area contributed by atoms with Crippen LogP contribution >= 0.6 is 0 Å². The van der Waals surface area contributed by atoms with Crippen LogP contribution < -0.4 is 5.32 Å². The van der Waals surface area contributed by atoms with E-state index in [-0.39, 0.29) is 0 Å². The van der Waals surface area contributed by atoms with Crippen LogP contribution in [0.15, 0.2) is 0 Å². The van der Waals surface area contributed by atoms with E-state index < -0.39 is 0 Å². The fourth-order valence-corrected chi connectivity index (χ4v) is 1.64. The van der Waals surface area contributed by atoms with E-state index in [0.29, 0.717) is 5.41 Å². The maximum absolute atomic E-state index is 3.49. The Morgan fingerprint density at radius 1 is 1.00 bits per heavy atom. The molecule has 0 aliphatic rings. The standard InChI is InChI=1S/C11H27N3/c1-11(2,10-14(5)6)9-12-7-8-13(3)4/h12H,7-10H2,1-6H3. The van der Waals surface area contributed by atoms with Crippen molar-refractivity contribution in [3.8, 4) is 0 Å². The number of hydrogen-bond acceptors (Lipinski definition) is 3. The number of hydrogen-bond donors (Lipinski definition) is 1. The fourth-order valence-electron chi connectivity index (χ4n) is 1.64. The quantitative estimate of drug-likeness (QED) is 0.613. The molecule has 0 unspecified atom stereocenters. The first-order valence-corrected chi connectivity index (χ1v) is 5.34. The third-order valence-electron chi connectivity index (χ3n) is 2.08. The van der Waals surface area contributed by atoms with Crippen molar-refractivity contribution >= 4 is 0 Å². The van der Waals surface area contributed by atoms with Gasteiger partial charge in [0.15, 0.2) is 0 Å². The minimum absolute atomic E-state index is 0.357. The second-order valence-corrected chi connectivity index (χ2v) is 5.38. The summed E-state index contributed by atoms with van der Waals surface area (Å²) in [5, 5.41) is 3.49. The highest BCUT2D eigenvalue weighted by molar-refractivity contribution is 4.74. The Hall–Kier alpha value is -0.120. The van der Waals surface area contributed by atoms with Gasteiger partial charge < -0.3 is 15.1 Å². The van der Waals surface area contributed by atoms with Crippen LogP contribution in [0, 0.1) is 5.41 Å². The molecule has 0 aliphatic heterocycles. The molecule has 0 atom stereocenters. The minimum Gasteiger partial charge on any atom is -0.315 e. The van der Waals surface area contributed by atoms with E-state index in [0.717, 1.165) is 26.2 Å². The van der Waals surface area contributed by atoms with E-state index in [1.165, 1.54) is 0 Å². The largest absolute Gasteiger partial charge is 0.315 e. The molecule has 3 nitrogen and oxygen atoms in total. The SMILES string of the molecule is CN(C)CCNCC(C)(C)CN(C)C. The van der Waals surface area contributed by atoms with E-state index in [1.807, 2.05) is 0 Å². The number of likely N-dealkylation sites (N-methyl/N-ethyl adjacent to an activating group) is 1. The van der Waals surface area contributed by atoms with Crippen molar-refractivity contribution in [1.29, 1.82) is 0 Å². The molecule has 0 spiro atoms. The summed E-state index contributed by atoms with van der Waals surface area (Å²) in [4.78, 5) is 4.44. The summed E-state index contributed by atoms with van der Waals surface area (Å²) in [7, 11) is 8.46. The first-order chi connectivity index (χ1) is 6.33. The molecule has 0 heterocycles. The van der Waals surface area contributed by atoms with E-state index in [9.17, 15) is 0 Å². The van der Waals surface area contributed by atoms with Crippen molar-refractivity contribution in [2.45, 2.75) is 13.8 Å².